The average Bonchev–Trinajstić information content (AvgIpc) is 2.58. The fraction of sp³-hybridized carbons (Fsp3) is 0.600. The van der Waals surface area contributed by atoms with Crippen LogP contribution in [-0.2, 0) is 16.1 Å². The number of quaternary nitrogens is 1. The maximum absolute atomic E-state index is 12.6. The number of para-hydroxylation sites is 1. The minimum Gasteiger partial charge on any atom is -0.493 e. The zero-order valence-corrected chi connectivity index (χ0v) is 17.6. The van der Waals surface area contributed by atoms with E-state index in [1.807, 2.05) is 45.9 Å². The van der Waals surface area contributed by atoms with Crippen LogP contribution in [0.3, 0.4) is 0 Å². The molecule has 2 N–H and O–H groups in total. The van der Waals surface area contributed by atoms with Crippen molar-refractivity contribution >= 4 is 11.8 Å². The van der Waals surface area contributed by atoms with Crippen molar-refractivity contribution in [1.82, 2.24) is 10.2 Å². The molecule has 0 aliphatic heterocycles. The van der Waals surface area contributed by atoms with Gasteiger partial charge in [0.25, 0.3) is 11.8 Å². The molecule has 27 heavy (non-hydrogen) atoms. The van der Waals surface area contributed by atoms with Gasteiger partial charge < -0.3 is 24.6 Å². The van der Waals surface area contributed by atoms with Gasteiger partial charge >= 0.3 is 0 Å². The Balaban J connectivity index is 2.72. The Kier molecular flexibility index (Phi) is 8.56. The van der Waals surface area contributed by atoms with Crippen LogP contribution in [0.25, 0.3) is 0 Å². The van der Waals surface area contributed by atoms with Crippen molar-refractivity contribution in [2.75, 3.05) is 40.9 Å². The molecule has 1 aromatic carbocycles. The van der Waals surface area contributed by atoms with Gasteiger partial charge in [0.05, 0.1) is 20.8 Å². The number of rotatable bonds is 9. The van der Waals surface area contributed by atoms with Gasteiger partial charge in [-0.05, 0) is 33.8 Å². The quantitative estimate of drug-likeness (QED) is 0.654. The van der Waals surface area contributed by atoms with Crippen molar-refractivity contribution in [3.63, 3.8) is 0 Å². The van der Waals surface area contributed by atoms with Crippen molar-refractivity contribution in [2.24, 2.45) is 0 Å². The summed E-state index contributed by atoms with van der Waals surface area (Å²) in [6, 6.07) is 5.60. The molecular weight excluding hydrogens is 346 g/mol. The van der Waals surface area contributed by atoms with Crippen LogP contribution in [0.2, 0.25) is 0 Å². The summed E-state index contributed by atoms with van der Waals surface area (Å²) in [5.41, 5.74) is 0.593. The Bertz CT molecular complexity index is 641. The molecule has 0 saturated carbocycles. The third kappa shape index (κ3) is 7.46. The highest BCUT2D eigenvalue weighted by molar-refractivity contribution is 5.79. The first kappa shape index (κ1) is 22.8. The summed E-state index contributed by atoms with van der Waals surface area (Å²) in [4.78, 5) is 27.3. The van der Waals surface area contributed by atoms with E-state index in [0.717, 1.165) is 10.5 Å². The van der Waals surface area contributed by atoms with Gasteiger partial charge in [0.1, 0.15) is 0 Å². The number of benzene rings is 1. The fourth-order valence-electron chi connectivity index (χ4n) is 2.77. The van der Waals surface area contributed by atoms with Gasteiger partial charge in [-0.3, -0.25) is 9.59 Å². The number of nitrogens with one attached hydrogen (secondary N) is 2. The molecule has 0 radical (unpaired) electrons. The molecule has 2 amide bonds. The first-order chi connectivity index (χ1) is 12.6. The van der Waals surface area contributed by atoms with Gasteiger partial charge in [0.2, 0.25) is 0 Å². The van der Waals surface area contributed by atoms with Gasteiger partial charge in [-0.1, -0.05) is 12.1 Å². The number of carbonyl (C=O) groups excluding carboxylic acids is 2. The Morgan fingerprint density at radius 3 is 2.33 bits per heavy atom. The van der Waals surface area contributed by atoms with E-state index in [2.05, 4.69) is 5.32 Å². The summed E-state index contributed by atoms with van der Waals surface area (Å²) in [5.74, 6) is 1.18. The van der Waals surface area contributed by atoms with E-state index in [4.69, 9.17) is 9.47 Å². The topological polar surface area (TPSA) is 72.3 Å². The molecule has 1 atom stereocenters. The van der Waals surface area contributed by atoms with Crippen LogP contribution in [0.5, 0.6) is 11.5 Å². The lowest BCUT2D eigenvalue weighted by molar-refractivity contribution is -0.882. The number of likely N-dealkylation sites (N-methyl/N-ethyl adjacent to an activating group) is 2. The first-order valence-corrected chi connectivity index (χ1v) is 9.19. The number of hydrogen-bond donors (Lipinski definition) is 2. The number of carbonyl (C=O) groups is 2. The molecule has 0 fully saturated rings. The molecular formula is C20H34N3O4+. The highest BCUT2D eigenvalue weighted by atomic mass is 16.5. The van der Waals surface area contributed by atoms with Crippen LogP contribution in [0.15, 0.2) is 18.2 Å². The maximum Gasteiger partial charge on any atom is 0.277 e. The van der Waals surface area contributed by atoms with Crippen LogP contribution in [0, 0.1) is 0 Å². The number of methoxy groups -OCH3 is 2. The highest BCUT2D eigenvalue weighted by Gasteiger charge is 2.22. The van der Waals surface area contributed by atoms with E-state index in [0.29, 0.717) is 24.6 Å². The standard InChI is InChI=1S/C20H33N3O4/c1-8-23(13-17(24)21-20(2,3)4)14-18(25)22(5)12-15-10-9-11-16(26-6)19(15)27-7/h9-11H,8,12-14H2,1-7H3,(H,21,24)/p+1. The predicted octanol–water partition coefficient (Wildman–Crippen LogP) is 0.482. The largest absolute Gasteiger partial charge is 0.493 e. The summed E-state index contributed by atoms with van der Waals surface area (Å²) in [6.07, 6.45) is 0. The zero-order chi connectivity index (χ0) is 20.6. The summed E-state index contributed by atoms with van der Waals surface area (Å²) in [5, 5.41) is 2.94. The summed E-state index contributed by atoms with van der Waals surface area (Å²) in [6.45, 7) is 9.43. The third-order valence-corrected chi connectivity index (χ3v) is 4.14. The molecule has 7 heteroatoms. The second-order valence-corrected chi connectivity index (χ2v) is 7.66. The number of ether oxygens (including phenoxy) is 2. The van der Waals surface area contributed by atoms with Crippen molar-refractivity contribution in [3.8, 4) is 11.5 Å². The van der Waals surface area contributed by atoms with Crippen molar-refractivity contribution in [2.45, 2.75) is 39.8 Å². The zero-order valence-electron chi connectivity index (χ0n) is 17.6. The predicted molar refractivity (Wildman–Crippen MR) is 105 cm³/mol. The Morgan fingerprint density at radius 2 is 1.81 bits per heavy atom. The van der Waals surface area contributed by atoms with Gasteiger partial charge in [0, 0.05) is 24.7 Å². The number of hydrogen-bond acceptors (Lipinski definition) is 4. The van der Waals surface area contributed by atoms with E-state index in [9.17, 15) is 9.59 Å². The Morgan fingerprint density at radius 1 is 1.15 bits per heavy atom. The molecule has 0 saturated heterocycles. The van der Waals surface area contributed by atoms with E-state index < -0.39 is 0 Å². The van der Waals surface area contributed by atoms with E-state index in [1.54, 1.807) is 26.2 Å². The van der Waals surface area contributed by atoms with Crippen molar-refractivity contribution < 1.29 is 24.0 Å². The fourth-order valence-corrected chi connectivity index (χ4v) is 2.77. The first-order valence-electron chi connectivity index (χ1n) is 9.19. The molecule has 7 nitrogen and oxygen atoms in total. The molecule has 0 aromatic heterocycles. The Labute approximate surface area is 162 Å². The number of nitrogens with zero attached hydrogens (tertiary/aromatic N) is 1. The van der Waals surface area contributed by atoms with Gasteiger partial charge in [-0.25, -0.2) is 0 Å². The summed E-state index contributed by atoms with van der Waals surface area (Å²) < 4.78 is 10.7. The summed E-state index contributed by atoms with van der Waals surface area (Å²) in [7, 11) is 4.92. The molecule has 1 aromatic rings. The van der Waals surface area contributed by atoms with Gasteiger partial charge in [-0.2, -0.15) is 0 Å². The van der Waals surface area contributed by atoms with Crippen LogP contribution >= 0.6 is 0 Å². The minimum absolute atomic E-state index is 0.0275. The lowest BCUT2D eigenvalue weighted by Gasteiger charge is -2.25. The van der Waals surface area contributed by atoms with E-state index >= 15 is 0 Å². The second kappa shape index (κ2) is 10.2. The second-order valence-electron chi connectivity index (χ2n) is 7.66. The third-order valence-electron chi connectivity index (χ3n) is 4.14. The lowest BCUT2D eigenvalue weighted by Crippen LogP contribution is -3.14. The average molecular weight is 381 g/mol. The maximum atomic E-state index is 12.6. The van der Waals surface area contributed by atoms with Crippen molar-refractivity contribution in [1.29, 1.82) is 0 Å². The smallest absolute Gasteiger partial charge is 0.277 e. The van der Waals surface area contributed by atoms with Crippen LogP contribution in [0.1, 0.15) is 33.3 Å². The molecule has 0 aliphatic carbocycles. The highest BCUT2D eigenvalue weighted by Crippen LogP contribution is 2.31. The monoisotopic (exact) mass is 380 g/mol. The molecule has 0 aliphatic rings. The SMILES string of the molecule is CC[NH+](CC(=O)NC(C)(C)C)CC(=O)N(C)Cc1cccc(OC)c1OC. The normalized spacial score (nSPS) is 12.3. The van der Waals surface area contributed by atoms with Crippen LogP contribution in [0.4, 0.5) is 0 Å². The molecule has 1 unspecified atom stereocenters. The van der Waals surface area contributed by atoms with Crippen LogP contribution < -0.4 is 19.7 Å². The number of amides is 2. The molecule has 1 rings (SSSR count). The molecule has 152 valence electrons. The van der Waals surface area contributed by atoms with Crippen molar-refractivity contribution in [3.05, 3.63) is 23.8 Å². The van der Waals surface area contributed by atoms with Gasteiger partial charge in [-0.15, -0.1) is 0 Å². The molecule has 0 bridgehead atoms. The van der Waals surface area contributed by atoms with Gasteiger partial charge in [0.15, 0.2) is 24.6 Å². The molecule has 0 spiro atoms. The lowest BCUT2D eigenvalue weighted by atomic mass is 10.1. The van der Waals surface area contributed by atoms with E-state index in [1.165, 1.54) is 0 Å². The summed E-state index contributed by atoms with van der Waals surface area (Å²) >= 11 is 0. The minimum atomic E-state index is -0.278. The van der Waals surface area contributed by atoms with E-state index in [-0.39, 0.29) is 30.4 Å². The Hall–Kier alpha value is -2.28. The molecule has 0 heterocycles. The van der Waals surface area contributed by atoms with Crippen LogP contribution in [-0.4, -0.2) is 63.2 Å².